The van der Waals surface area contributed by atoms with Crippen LogP contribution in [0.2, 0.25) is 0 Å². The summed E-state index contributed by atoms with van der Waals surface area (Å²) in [4.78, 5) is 9.60. The maximum atomic E-state index is 4.85. The van der Waals surface area contributed by atoms with Crippen LogP contribution < -0.4 is 0 Å². The Labute approximate surface area is 163 Å². The van der Waals surface area contributed by atoms with Crippen molar-refractivity contribution in [2.75, 3.05) is 0 Å². The SMILES string of the molecule is Cc1ccc(-n2c(C)c(C)c3c2ncn2nc(-c4ccccc4)nc32)cc1C. The van der Waals surface area contributed by atoms with Crippen molar-refractivity contribution in [2.45, 2.75) is 27.7 Å². The van der Waals surface area contributed by atoms with Crippen LogP contribution >= 0.6 is 0 Å². The van der Waals surface area contributed by atoms with Crippen LogP contribution in [0.4, 0.5) is 0 Å². The average Bonchev–Trinajstić information content (AvgIpc) is 3.24. The minimum atomic E-state index is 0.714. The largest absolute Gasteiger partial charge is 0.298 e. The molecule has 3 aromatic heterocycles. The Morgan fingerprint density at radius 1 is 0.821 bits per heavy atom. The van der Waals surface area contributed by atoms with Crippen LogP contribution in [0.5, 0.6) is 0 Å². The van der Waals surface area contributed by atoms with E-state index < -0.39 is 0 Å². The Hall–Kier alpha value is -3.47. The van der Waals surface area contributed by atoms with Crippen molar-refractivity contribution in [1.29, 1.82) is 0 Å². The normalized spacial score (nSPS) is 11.6. The van der Waals surface area contributed by atoms with Gasteiger partial charge in [0.25, 0.3) is 0 Å². The first kappa shape index (κ1) is 16.7. The number of rotatable bonds is 2. The number of aromatic nitrogens is 5. The Balaban J connectivity index is 1.80. The van der Waals surface area contributed by atoms with E-state index in [1.807, 2.05) is 30.3 Å². The standard InChI is InChI=1S/C23H21N5/c1-14-10-11-19(12-15(14)2)28-17(4)16(3)20-22(28)24-13-27-23(20)25-21(26-27)18-8-6-5-7-9-18/h5-13H,1-4H3. The summed E-state index contributed by atoms with van der Waals surface area (Å²) in [5.41, 5.74) is 8.79. The lowest BCUT2D eigenvalue weighted by Crippen LogP contribution is -2.00. The highest BCUT2D eigenvalue weighted by atomic mass is 15.3. The summed E-state index contributed by atoms with van der Waals surface area (Å²) in [5, 5.41) is 5.69. The molecule has 5 rings (SSSR count). The number of hydrogen-bond donors (Lipinski definition) is 0. The van der Waals surface area contributed by atoms with Gasteiger partial charge < -0.3 is 0 Å². The number of nitrogens with zero attached hydrogens (tertiary/aromatic N) is 5. The van der Waals surface area contributed by atoms with Gasteiger partial charge in [-0.25, -0.2) is 14.5 Å². The zero-order valence-corrected chi connectivity index (χ0v) is 16.4. The molecule has 28 heavy (non-hydrogen) atoms. The first-order valence-corrected chi connectivity index (χ1v) is 9.40. The van der Waals surface area contributed by atoms with E-state index >= 15 is 0 Å². The molecule has 0 bridgehead atoms. The van der Waals surface area contributed by atoms with Crippen molar-refractivity contribution in [3.63, 3.8) is 0 Å². The lowest BCUT2D eigenvalue weighted by molar-refractivity contribution is 0.926. The Morgan fingerprint density at radius 3 is 2.36 bits per heavy atom. The summed E-state index contributed by atoms with van der Waals surface area (Å²) in [7, 11) is 0. The van der Waals surface area contributed by atoms with E-state index in [1.165, 1.54) is 22.4 Å². The minimum Gasteiger partial charge on any atom is -0.298 e. The molecule has 0 aliphatic carbocycles. The molecular weight excluding hydrogens is 346 g/mol. The molecule has 0 atom stereocenters. The molecule has 5 aromatic rings. The average molecular weight is 367 g/mol. The maximum absolute atomic E-state index is 4.85. The van der Waals surface area contributed by atoms with Gasteiger partial charge in [0, 0.05) is 16.9 Å². The molecule has 138 valence electrons. The van der Waals surface area contributed by atoms with E-state index in [-0.39, 0.29) is 0 Å². The third-order valence-corrected chi connectivity index (χ3v) is 5.61. The van der Waals surface area contributed by atoms with Crippen LogP contribution in [0.25, 0.3) is 33.8 Å². The predicted molar refractivity (Wildman–Crippen MR) is 112 cm³/mol. The smallest absolute Gasteiger partial charge is 0.182 e. The van der Waals surface area contributed by atoms with Crippen molar-refractivity contribution in [2.24, 2.45) is 0 Å². The van der Waals surface area contributed by atoms with E-state index in [0.29, 0.717) is 5.82 Å². The summed E-state index contributed by atoms with van der Waals surface area (Å²) >= 11 is 0. The third-order valence-electron chi connectivity index (χ3n) is 5.61. The van der Waals surface area contributed by atoms with Gasteiger partial charge >= 0.3 is 0 Å². The molecule has 0 saturated carbocycles. The molecule has 0 saturated heterocycles. The highest BCUT2D eigenvalue weighted by Crippen LogP contribution is 2.31. The summed E-state index contributed by atoms with van der Waals surface area (Å²) in [6, 6.07) is 16.6. The predicted octanol–water partition coefficient (Wildman–Crippen LogP) is 4.97. The monoisotopic (exact) mass is 367 g/mol. The van der Waals surface area contributed by atoms with Gasteiger partial charge in [0.15, 0.2) is 17.1 Å². The van der Waals surface area contributed by atoms with Crippen LogP contribution in [0.1, 0.15) is 22.4 Å². The first-order chi connectivity index (χ1) is 13.5. The van der Waals surface area contributed by atoms with Gasteiger partial charge in [-0.1, -0.05) is 36.4 Å². The number of hydrogen-bond acceptors (Lipinski definition) is 3. The van der Waals surface area contributed by atoms with Gasteiger partial charge in [-0.15, -0.1) is 5.10 Å². The Kier molecular flexibility index (Phi) is 3.59. The maximum Gasteiger partial charge on any atom is 0.182 e. The second kappa shape index (κ2) is 6.02. The molecular formula is C23H21N5. The van der Waals surface area contributed by atoms with Crippen molar-refractivity contribution >= 4 is 16.7 Å². The van der Waals surface area contributed by atoms with E-state index in [0.717, 1.165) is 27.9 Å². The van der Waals surface area contributed by atoms with E-state index in [4.69, 9.17) is 9.97 Å². The molecule has 2 aromatic carbocycles. The van der Waals surface area contributed by atoms with E-state index in [9.17, 15) is 0 Å². The molecule has 5 heteroatoms. The summed E-state index contributed by atoms with van der Waals surface area (Å²) in [5.74, 6) is 0.714. The Bertz CT molecular complexity index is 1340. The van der Waals surface area contributed by atoms with Crippen LogP contribution in [-0.4, -0.2) is 24.1 Å². The molecule has 0 N–H and O–H groups in total. The van der Waals surface area contributed by atoms with Crippen LogP contribution in [0.15, 0.2) is 54.9 Å². The lowest BCUT2D eigenvalue weighted by atomic mass is 10.1. The topological polar surface area (TPSA) is 48.0 Å². The molecule has 0 aliphatic rings. The second-order valence-corrected chi connectivity index (χ2v) is 7.33. The van der Waals surface area contributed by atoms with Crippen molar-refractivity contribution in [1.82, 2.24) is 24.1 Å². The van der Waals surface area contributed by atoms with Gasteiger partial charge in [-0.2, -0.15) is 0 Å². The fraction of sp³-hybridized carbons (Fsp3) is 0.174. The third kappa shape index (κ3) is 2.36. The van der Waals surface area contributed by atoms with Gasteiger partial charge in [-0.05, 0) is 56.5 Å². The highest BCUT2D eigenvalue weighted by molar-refractivity contribution is 5.95. The first-order valence-electron chi connectivity index (χ1n) is 9.40. The quantitative estimate of drug-likeness (QED) is 0.443. The van der Waals surface area contributed by atoms with Crippen LogP contribution in [0.3, 0.4) is 0 Å². The fourth-order valence-corrected chi connectivity index (χ4v) is 3.75. The molecule has 0 spiro atoms. The fourth-order valence-electron chi connectivity index (χ4n) is 3.75. The van der Waals surface area contributed by atoms with Crippen molar-refractivity contribution in [3.8, 4) is 17.1 Å². The van der Waals surface area contributed by atoms with E-state index in [1.54, 1.807) is 10.8 Å². The zero-order chi connectivity index (χ0) is 19.4. The van der Waals surface area contributed by atoms with Crippen LogP contribution in [-0.2, 0) is 0 Å². The highest BCUT2D eigenvalue weighted by Gasteiger charge is 2.19. The molecule has 0 unspecified atom stereocenters. The van der Waals surface area contributed by atoms with Gasteiger partial charge in [0.05, 0.1) is 5.39 Å². The van der Waals surface area contributed by atoms with Crippen LogP contribution in [0, 0.1) is 27.7 Å². The van der Waals surface area contributed by atoms with Gasteiger partial charge in [0.2, 0.25) is 0 Å². The molecule has 0 radical (unpaired) electrons. The molecule has 3 heterocycles. The lowest BCUT2D eigenvalue weighted by Gasteiger charge is -2.10. The molecule has 0 fully saturated rings. The molecule has 0 aliphatic heterocycles. The number of benzene rings is 2. The number of fused-ring (bicyclic) bond motifs is 3. The van der Waals surface area contributed by atoms with Gasteiger partial charge in [0.1, 0.15) is 6.33 Å². The summed E-state index contributed by atoms with van der Waals surface area (Å²) < 4.78 is 4.00. The second-order valence-electron chi connectivity index (χ2n) is 7.33. The summed E-state index contributed by atoms with van der Waals surface area (Å²) in [6.45, 7) is 8.54. The number of aryl methyl sites for hydroxylation is 3. The molecule has 0 amide bonds. The van der Waals surface area contributed by atoms with Crippen molar-refractivity contribution in [3.05, 3.63) is 77.2 Å². The van der Waals surface area contributed by atoms with Crippen molar-refractivity contribution < 1.29 is 0 Å². The minimum absolute atomic E-state index is 0.714. The van der Waals surface area contributed by atoms with E-state index in [2.05, 4.69) is 55.6 Å². The summed E-state index contributed by atoms with van der Waals surface area (Å²) in [6.07, 6.45) is 1.76. The Morgan fingerprint density at radius 2 is 1.61 bits per heavy atom. The zero-order valence-electron chi connectivity index (χ0n) is 16.4. The molecule has 5 nitrogen and oxygen atoms in total. The van der Waals surface area contributed by atoms with Gasteiger partial charge in [-0.3, -0.25) is 4.57 Å².